The fraction of sp³-hybridized carbons (Fsp3) is 0.533. The summed E-state index contributed by atoms with van der Waals surface area (Å²) in [6.45, 7) is 2.11. The van der Waals surface area contributed by atoms with Crippen molar-refractivity contribution in [3.8, 4) is 5.75 Å². The van der Waals surface area contributed by atoms with Gasteiger partial charge in [-0.15, -0.1) is 0 Å². The highest BCUT2D eigenvalue weighted by Crippen LogP contribution is 2.35. The van der Waals surface area contributed by atoms with Crippen molar-refractivity contribution >= 4 is 5.84 Å². The molecule has 0 aromatic heterocycles. The van der Waals surface area contributed by atoms with Crippen LogP contribution in [0.3, 0.4) is 0 Å². The highest BCUT2D eigenvalue weighted by molar-refractivity contribution is 5.97. The molecule has 1 aromatic carbocycles. The summed E-state index contributed by atoms with van der Waals surface area (Å²) in [5.74, 6) is 0.715. The van der Waals surface area contributed by atoms with E-state index in [1.165, 1.54) is 0 Å². The molecule has 2 aliphatic rings. The normalized spacial score (nSPS) is 29.5. The lowest BCUT2D eigenvalue weighted by atomic mass is 9.91. The second-order valence-electron chi connectivity index (χ2n) is 5.48. The van der Waals surface area contributed by atoms with Crippen LogP contribution in [0.2, 0.25) is 0 Å². The number of nitrogens with one attached hydrogen (secondary N) is 1. The molecule has 1 aromatic rings. The minimum atomic E-state index is -0.173. The number of nitrogens with two attached hydrogens (primary N) is 1. The van der Waals surface area contributed by atoms with Crippen molar-refractivity contribution in [3.63, 3.8) is 0 Å². The van der Waals surface area contributed by atoms with E-state index in [-0.39, 0.29) is 17.5 Å². The molecule has 0 radical (unpaired) electrons. The monoisotopic (exact) mass is 276 g/mol. The summed E-state index contributed by atoms with van der Waals surface area (Å²) in [6.07, 6.45) is 2.71. The van der Waals surface area contributed by atoms with Crippen LogP contribution in [-0.2, 0) is 9.47 Å². The van der Waals surface area contributed by atoms with Crippen molar-refractivity contribution in [2.45, 2.75) is 31.0 Å². The van der Waals surface area contributed by atoms with Gasteiger partial charge in [-0.05, 0) is 12.1 Å². The van der Waals surface area contributed by atoms with Crippen LogP contribution in [0, 0.1) is 5.41 Å². The molecule has 0 amide bonds. The van der Waals surface area contributed by atoms with Gasteiger partial charge in [0.05, 0.1) is 24.4 Å². The lowest BCUT2D eigenvalue weighted by Gasteiger charge is -2.37. The second kappa shape index (κ2) is 5.42. The average Bonchev–Trinajstić information content (AvgIpc) is 2.87. The molecular weight excluding hydrogens is 256 g/mol. The van der Waals surface area contributed by atoms with Crippen molar-refractivity contribution in [2.75, 3.05) is 19.8 Å². The Morgan fingerprint density at radius 1 is 1.35 bits per heavy atom. The van der Waals surface area contributed by atoms with Gasteiger partial charge in [0.2, 0.25) is 0 Å². The van der Waals surface area contributed by atoms with E-state index in [9.17, 15) is 0 Å². The number of ether oxygens (including phenoxy) is 3. The molecule has 2 heterocycles. The number of hydrogen-bond acceptors (Lipinski definition) is 4. The molecule has 20 heavy (non-hydrogen) atoms. The molecular formula is C15H20N2O3. The van der Waals surface area contributed by atoms with E-state index in [0.29, 0.717) is 24.5 Å². The van der Waals surface area contributed by atoms with Gasteiger partial charge in [-0.1, -0.05) is 12.1 Å². The molecule has 0 bridgehead atoms. The lowest BCUT2D eigenvalue weighted by molar-refractivity contribution is -0.112. The highest BCUT2D eigenvalue weighted by atomic mass is 16.6. The Labute approximate surface area is 118 Å². The fourth-order valence-electron chi connectivity index (χ4n) is 2.92. The summed E-state index contributed by atoms with van der Waals surface area (Å²) in [5.41, 5.74) is 6.07. The van der Waals surface area contributed by atoms with E-state index >= 15 is 0 Å². The van der Waals surface area contributed by atoms with Crippen LogP contribution in [0.1, 0.15) is 24.8 Å². The smallest absolute Gasteiger partial charge is 0.130 e. The topological polar surface area (TPSA) is 77.6 Å². The maximum Gasteiger partial charge on any atom is 0.130 e. The quantitative estimate of drug-likeness (QED) is 0.650. The Morgan fingerprint density at radius 2 is 2.20 bits per heavy atom. The number of nitrogen functional groups attached to an aromatic ring is 1. The Morgan fingerprint density at radius 3 is 2.95 bits per heavy atom. The largest absolute Gasteiger partial charge is 0.489 e. The number of benzene rings is 1. The summed E-state index contributed by atoms with van der Waals surface area (Å²) in [7, 11) is 0. The van der Waals surface area contributed by atoms with Gasteiger partial charge in [0, 0.05) is 25.9 Å². The first-order valence-corrected chi connectivity index (χ1v) is 7.00. The first-order valence-electron chi connectivity index (χ1n) is 7.00. The molecule has 5 nitrogen and oxygen atoms in total. The van der Waals surface area contributed by atoms with Gasteiger partial charge in [0.25, 0.3) is 0 Å². The summed E-state index contributed by atoms with van der Waals surface area (Å²) in [6, 6.07) is 7.44. The van der Waals surface area contributed by atoms with Gasteiger partial charge in [0.15, 0.2) is 0 Å². The maximum absolute atomic E-state index is 7.61. The molecule has 2 unspecified atom stereocenters. The maximum atomic E-state index is 7.61. The van der Waals surface area contributed by atoms with E-state index < -0.39 is 0 Å². The minimum absolute atomic E-state index is 0.0339. The third-order valence-corrected chi connectivity index (χ3v) is 3.99. The van der Waals surface area contributed by atoms with Crippen molar-refractivity contribution < 1.29 is 14.2 Å². The molecule has 2 saturated heterocycles. The van der Waals surface area contributed by atoms with Gasteiger partial charge < -0.3 is 19.9 Å². The predicted octanol–water partition coefficient (Wildman–Crippen LogP) is 1.69. The first kappa shape index (κ1) is 13.4. The third-order valence-electron chi connectivity index (χ3n) is 3.99. The van der Waals surface area contributed by atoms with E-state index in [0.717, 1.165) is 25.9 Å². The lowest BCUT2D eigenvalue weighted by Crippen LogP contribution is -2.44. The van der Waals surface area contributed by atoms with Crippen LogP contribution in [0.15, 0.2) is 24.3 Å². The summed E-state index contributed by atoms with van der Waals surface area (Å²) in [5, 5.41) is 7.61. The summed E-state index contributed by atoms with van der Waals surface area (Å²) >= 11 is 0. The first-order chi connectivity index (χ1) is 9.69. The highest BCUT2D eigenvalue weighted by Gasteiger charge is 2.41. The molecule has 2 atom stereocenters. The summed E-state index contributed by atoms with van der Waals surface area (Å²) in [4.78, 5) is 0. The molecule has 5 heteroatoms. The Bertz CT molecular complexity index is 498. The van der Waals surface area contributed by atoms with Crippen LogP contribution in [0.25, 0.3) is 0 Å². The van der Waals surface area contributed by atoms with Gasteiger partial charge in [-0.3, -0.25) is 5.41 Å². The molecule has 1 spiro atoms. The van der Waals surface area contributed by atoms with Crippen LogP contribution >= 0.6 is 0 Å². The molecule has 3 rings (SSSR count). The van der Waals surface area contributed by atoms with Crippen molar-refractivity contribution in [1.82, 2.24) is 0 Å². The zero-order valence-corrected chi connectivity index (χ0v) is 11.4. The molecule has 0 saturated carbocycles. The standard InChI is InChI=1S/C15H20N2O3/c16-14(17)12-3-1-2-4-13(12)20-11-5-7-19-15(9-11)6-8-18-10-15/h1-4,11H,5-10H2,(H3,16,17). The van der Waals surface area contributed by atoms with Crippen molar-refractivity contribution in [2.24, 2.45) is 5.73 Å². The van der Waals surface area contributed by atoms with E-state index in [1.807, 2.05) is 24.3 Å². The second-order valence-corrected chi connectivity index (χ2v) is 5.48. The zero-order chi connectivity index (χ0) is 14.0. The molecule has 2 fully saturated rings. The van der Waals surface area contributed by atoms with Crippen molar-refractivity contribution in [1.29, 1.82) is 5.41 Å². The van der Waals surface area contributed by atoms with Crippen LogP contribution in [0.5, 0.6) is 5.75 Å². The third kappa shape index (κ3) is 2.64. The van der Waals surface area contributed by atoms with Crippen LogP contribution < -0.4 is 10.5 Å². The Hall–Kier alpha value is -1.59. The SMILES string of the molecule is N=C(N)c1ccccc1OC1CCOC2(CCOC2)C1. The number of hydrogen-bond donors (Lipinski definition) is 2. The van der Waals surface area contributed by atoms with Crippen molar-refractivity contribution in [3.05, 3.63) is 29.8 Å². The molecule has 0 aliphatic carbocycles. The van der Waals surface area contributed by atoms with E-state index in [1.54, 1.807) is 0 Å². The molecule has 3 N–H and O–H groups in total. The van der Waals surface area contributed by atoms with Gasteiger partial charge in [-0.25, -0.2) is 0 Å². The Kier molecular flexibility index (Phi) is 3.63. The van der Waals surface area contributed by atoms with E-state index in [2.05, 4.69) is 0 Å². The van der Waals surface area contributed by atoms with Gasteiger partial charge in [-0.2, -0.15) is 0 Å². The van der Waals surface area contributed by atoms with Crippen LogP contribution in [-0.4, -0.2) is 37.4 Å². The zero-order valence-electron chi connectivity index (χ0n) is 11.4. The summed E-state index contributed by atoms with van der Waals surface area (Å²) < 4.78 is 17.4. The van der Waals surface area contributed by atoms with Crippen LogP contribution in [0.4, 0.5) is 0 Å². The van der Waals surface area contributed by atoms with Gasteiger partial charge in [0.1, 0.15) is 17.7 Å². The number of rotatable bonds is 3. The number of para-hydroxylation sites is 1. The minimum Gasteiger partial charge on any atom is -0.489 e. The van der Waals surface area contributed by atoms with E-state index in [4.69, 9.17) is 25.4 Å². The average molecular weight is 276 g/mol. The Balaban J connectivity index is 1.73. The molecule has 108 valence electrons. The van der Waals surface area contributed by atoms with Gasteiger partial charge >= 0.3 is 0 Å². The number of amidine groups is 1. The predicted molar refractivity (Wildman–Crippen MR) is 75.2 cm³/mol. The molecule has 2 aliphatic heterocycles. The fourth-order valence-corrected chi connectivity index (χ4v) is 2.92.